The number of hydrogen-bond acceptors (Lipinski definition) is 4. The van der Waals surface area contributed by atoms with E-state index in [-0.39, 0.29) is 54.9 Å². The molecule has 0 aliphatic carbocycles. The third kappa shape index (κ3) is 4.25. The molecular formula is C27H25F2N3O4. The van der Waals surface area contributed by atoms with Crippen LogP contribution in [0.2, 0.25) is 0 Å². The van der Waals surface area contributed by atoms with Crippen molar-refractivity contribution >= 4 is 28.5 Å². The number of nitrogens with zero attached hydrogens (tertiary/aromatic N) is 3. The van der Waals surface area contributed by atoms with Gasteiger partial charge in [0, 0.05) is 43.7 Å². The molecule has 3 amide bonds. The number of hydrogen-bond donors (Lipinski definition) is 1. The number of phenolic OH excluding ortho intramolecular Hbond substituents is 1. The lowest BCUT2D eigenvalue weighted by Gasteiger charge is -2.37. The van der Waals surface area contributed by atoms with Crippen LogP contribution >= 0.6 is 0 Å². The maximum atomic E-state index is 13.5. The Balaban J connectivity index is 1.26. The molecule has 0 spiro atoms. The average molecular weight is 494 g/mol. The van der Waals surface area contributed by atoms with E-state index in [0.29, 0.717) is 24.8 Å². The van der Waals surface area contributed by atoms with Gasteiger partial charge in [-0.15, -0.1) is 0 Å². The number of carbonyl (C=O) groups excluding carboxylic acids is 3. The first-order valence-corrected chi connectivity index (χ1v) is 11.9. The molecule has 3 aromatic carbocycles. The van der Waals surface area contributed by atoms with E-state index in [1.54, 1.807) is 29.2 Å². The number of piperazine rings is 1. The van der Waals surface area contributed by atoms with Crippen molar-refractivity contribution in [1.29, 1.82) is 0 Å². The van der Waals surface area contributed by atoms with Crippen LogP contribution in [0.15, 0.2) is 54.6 Å². The molecular weight excluding hydrogens is 468 g/mol. The molecule has 1 N–H and O–H groups in total. The highest BCUT2D eigenvalue weighted by atomic mass is 19.2. The molecule has 2 fully saturated rings. The predicted octanol–water partition coefficient (Wildman–Crippen LogP) is 3.41. The summed E-state index contributed by atoms with van der Waals surface area (Å²) in [6.07, 6.45) is 1.19. The highest BCUT2D eigenvalue weighted by Gasteiger charge is 2.38. The molecule has 3 aromatic rings. The lowest BCUT2D eigenvalue weighted by Crippen LogP contribution is -2.55. The summed E-state index contributed by atoms with van der Waals surface area (Å²) in [5.41, 5.74) is 0.215. The second-order valence-electron chi connectivity index (χ2n) is 9.09. The number of carbonyl (C=O) groups is 3. The molecule has 7 nitrogen and oxygen atoms in total. The molecule has 0 aromatic heterocycles. The van der Waals surface area contributed by atoms with Crippen LogP contribution in [0.25, 0.3) is 10.8 Å². The van der Waals surface area contributed by atoms with E-state index in [1.807, 2.05) is 12.1 Å². The van der Waals surface area contributed by atoms with Crippen LogP contribution in [0, 0.1) is 11.6 Å². The third-order valence-electron chi connectivity index (χ3n) is 6.97. The lowest BCUT2D eigenvalue weighted by atomic mass is 10.0. The number of aromatic hydroxyl groups is 1. The van der Waals surface area contributed by atoms with Crippen molar-refractivity contribution in [2.75, 3.05) is 32.7 Å². The molecule has 2 aliphatic rings. The van der Waals surface area contributed by atoms with Gasteiger partial charge in [-0.05, 0) is 42.5 Å². The highest BCUT2D eigenvalue weighted by Crippen LogP contribution is 2.31. The van der Waals surface area contributed by atoms with E-state index in [0.717, 1.165) is 17.5 Å². The summed E-state index contributed by atoms with van der Waals surface area (Å²) in [5, 5.41) is 12.1. The zero-order valence-corrected chi connectivity index (χ0v) is 19.5. The first kappa shape index (κ1) is 23.7. The first-order valence-electron chi connectivity index (χ1n) is 11.9. The molecule has 0 bridgehead atoms. The molecule has 36 heavy (non-hydrogen) atoms. The molecule has 0 radical (unpaired) electrons. The largest absolute Gasteiger partial charge is 0.506 e. The number of rotatable bonds is 3. The number of amides is 3. The standard InChI is InChI=1S/C27H25F2N3O4/c28-21-10-8-18(16-22(21)29)25(34)30-12-14-31(15-13-30)27(36)23-6-3-11-32(23)26(35)20-9-7-17-4-1-2-5-19(17)24(20)33/h1-2,4-5,7-10,16,23,33H,3,6,11-15H2. The first-order chi connectivity index (χ1) is 17.3. The van der Waals surface area contributed by atoms with Crippen LogP contribution < -0.4 is 0 Å². The van der Waals surface area contributed by atoms with Gasteiger partial charge < -0.3 is 19.8 Å². The smallest absolute Gasteiger partial charge is 0.258 e. The number of benzene rings is 3. The number of likely N-dealkylation sites (tertiary alicyclic amines) is 1. The number of fused-ring (bicyclic) bond motifs is 1. The summed E-state index contributed by atoms with van der Waals surface area (Å²) in [4.78, 5) is 44.0. The molecule has 2 heterocycles. The second-order valence-corrected chi connectivity index (χ2v) is 9.09. The number of halogens is 2. The topological polar surface area (TPSA) is 81.2 Å². The quantitative estimate of drug-likeness (QED) is 0.607. The second kappa shape index (κ2) is 9.56. The third-order valence-corrected chi connectivity index (χ3v) is 6.97. The van der Waals surface area contributed by atoms with E-state index < -0.39 is 23.6 Å². The van der Waals surface area contributed by atoms with Gasteiger partial charge in [0.1, 0.15) is 11.8 Å². The Morgan fingerprint density at radius 3 is 2.28 bits per heavy atom. The molecule has 2 saturated heterocycles. The van der Waals surface area contributed by atoms with E-state index in [1.165, 1.54) is 15.9 Å². The average Bonchev–Trinajstić information content (AvgIpc) is 3.39. The van der Waals surface area contributed by atoms with Crippen molar-refractivity contribution in [1.82, 2.24) is 14.7 Å². The lowest BCUT2D eigenvalue weighted by molar-refractivity contribution is -0.136. The monoisotopic (exact) mass is 493 g/mol. The molecule has 186 valence electrons. The molecule has 0 saturated carbocycles. The summed E-state index contributed by atoms with van der Waals surface area (Å²) in [6, 6.07) is 13.0. The SMILES string of the molecule is O=C(c1ccc(F)c(F)c1)N1CCN(C(=O)C2CCCN2C(=O)c2ccc3ccccc3c2O)CC1. The summed E-state index contributed by atoms with van der Waals surface area (Å²) < 4.78 is 26.7. The van der Waals surface area contributed by atoms with Gasteiger partial charge in [-0.3, -0.25) is 14.4 Å². The molecule has 2 aliphatic heterocycles. The van der Waals surface area contributed by atoms with Gasteiger partial charge in [-0.25, -0.2) is 8.78 Å². The van der Waals surface area contributed by atoms with Crippen molar-refractivity contribution in [2.24, 2.45) is 0 Å². The number of phenols is 1. The Morgan fingerprint density at radius 1 is 0.806 bits per heavy atom. The van der Waals surface area contributed by atoms with Crippen molar-refractivity contribution < 1.29 is 28.3 Å². The summed E-state index contributed by atoms with van der Waals surface area (Å²) in [6.45, 7) is 1.45. The van der Waals surface area contributed by atoms with Crippen LogP contribution in [-0.4, -0.2) is 76.3 Å². The van der Waals surface area contributed by atoms with Crippen LogP contribution in [0.4, 0.5) is 8.78 Å². The van der Waals surface area contributed by atoms with Gasteiger partial charge in [0.05, 0.1) is 5.56 Å². The highest BCUT2D eigenvalue weighted by molar-refractivity contribution is 6.05. The fourth-order valence-corrected chi connectivity index (χ4v) is 5.00. The maximum absolute atomic E-state index is 13.5. The predicted molar refractivity (Wildman–Crippen MR) is 129 cm³/mol. The Morgan fingerprint density at radius 2 is 1.53 bits per heavy atom. The van der Waals surface area contributed by atoms with Crippen molar-refractivity contribution in [3.63, 3.8) is 0 Å². The molecule has 5 rings (SSSR count). The van der Waals surface area contributed by atoms with Gasteiger partial charge >= 0.3 is 0 Å². The van der Waals surface area contributed by atoms with E-state index in [2.05, 4.69) is 0 Å². The molecule has 1 atom stereocenters. The van der Waals surface area contributed by atoms with Gasteiger partial charge in [-0.2, -0.15) is 0 Å². The Kier molecular flexibility index (Phi) is 6.30. The van der Waals surface area contributed by atoms with E-state index in [9.17, 15) is 28.3 Å². The van der Waals surface area contributed by atoms with Crippen molar-refractivity contribution in [3.8, 4) is 5.75 Å². The van der Waals surface area contributed by atoms with Crippen LogP contribution in [-0.2, 0) is 4.79 Å². The Labute approximate surface area is 206 Å². The zero-order chi connectivity index (χ0) is 25.4. The zero-order valence-electron chi connectivity index (χ0n) is 19.5. The minimum Gasteiger partial charge on any atom is -0.506 e. The van der Waals surface area contributed by atoms with Crippen LogP contribution in [0.3, 0.4) is 0 Å². The normalized spacial score (nSPS) is 18.1. The summed E-state index contributed by atoms with van der Waals surface area (Å²) >= 11 is 0. The minimum absolute atomic E-state index is 0.0523. The van der Waals surface area contributed by atoms with Gasteiger partial charge in [0.15, 0.2) is 11.6 Å². The van der Waals surface area contributed by atoms with Crippen molar-refractivity contribution in [2.45, 2.75) is 18.9 Å². The van der Waals surface area contributed by atoms with Crippen molar-refractivity contribution in [3.05, 3.63) is 77.4 Å². The fraction of sp³-hybridized carbons (Fsp3) is 0.296. The van der Waals surface area contributed by atoms with E-state index >= 15 is 0 Å². The van der Waals surface area contributed by atoms with Gasteiger partial charge in [-0.1, -0.05) is 30.3 Å². The molecule has 1 unspecified atom stereocenters. The van der Waals surface area contributed by atoms with E-state index in [4.69, 9.17) is 0 Å². The maximum Gasteiger partial charge on any atom is 0.258 e. The van der Waals surface area contributed by atoms with Crippen LogP contribution in [0.1, 0.15) is 33.6 Å². The molecule has 9 heteroatoms. The van der Waals surface area contributed by atoms with Crippen LogP contribution in [0.5, 0.6) is 5.75 Å². The fourth-order valence-electron chi connectivity index (χ4n) is 5.00. The van der Waals surface area contributed by atoms with Gasteiger partial charge in [0.2, 0.25) is 5.91 Å². The minimum atomic E-state index is -1.09. The Bertz CT molecular complexity index is 1350. The summed E-state index contributed by atoms with van der Waals surface area (Å²) in [5.74, 6) is -3.21. The summed E-state index contributed by atoms with van der Waals surface area (Å²) in [7, 11) is 0. The van der Waals surface area contributed by atoms with Gasteiger partial charge in [0.25, 0.3) is 11.8 Å². The Hall–Kier alpha value is -4.01.